The Morgan fingerprint density at radius 3 is 3.00 bits per heavy atom. The minimum absolute atomic E-state index is 0.0150. The minimum atomic E-state index is 0.0150. The van der Waals surface area contributed by atoms with Crippen molar-refractivity contribution in [3.8, 4) is 17.2 Å². The van der Waals surface area contributed by atoms with Crippen molar-refractivity contribution in [2.24, 2.45) is 0 Å². The van der Waals surface area contributed by atoms with Crippen LogP contribution in [0.4, 0.5) is 0 Å². The summed E-state index contributed by atoms with van der Waals surface area (Å²) in [5.74, 6) is 1.72. The highest BCUT2D eigenvalue weighted by atomic mass is 32.1. The summed E-state index contributed by atoms with van der Waals surface area (Å²) in [5.41, 5.74) is 0.583. The van der Waals surface area contributed by atoms with Crippen LogP contribution in [0.3, 0.4) is 0 Å². The van der Waals surface area contributed by atoms with E-state index in [-0.39, 0.29) is 11.9 Å². The Kier molecular flexibility index (Phi) is 4.06. The number of carbonyl (C=O) groups excluding carboxylic acids is 1. The summed E-state index contributed by atoms with van der Waals surface area (Å²) >= 11 is 1.70. The molecule has 0 bridgehead atoms. The molecule has 2 aliphatic rings. The molecule has 0 N–H and O–H groups in total. The number of rotatable bonds is 3. The van der Waals surface area contributed by atoms with Gasteiger partial charge in [0.05, 0.1) is 13.2 Å². The van der Waals surface area contributed by atoms with Gasteiger partial charge in [-0.3, -0.25) is 4.79 Å². The molecule has 0 radical (unpaired) electrons. The van der Waals surface area contributed by atoms with E-state index in [2.05, 4.69) is 11.4 Å². The first-order valence-electron chi connectivity index (χ1n) is 8.10. The molecule has 126 valence electrons. The van der Waals surface area contributed by atoms with E-state index in [4.69, 9.17) is 14.2 Å². The number of methoxy groups -OCH3 is 1. The molecule has 1 aromatic heterocycles. The van der Waals surface area contributed by atoms with E-state index in [1.165, 1.54) is 4.88 Å². The van der Waals surface area contributed by atoms with Crippen molar-refractivity contribution < 1.29 is 19.0 Å². The first kappa shape index (κ1) is 15.3. The van der Waals surface area contributed by atoms with Crippen molar-refractivity contribution in [1.29, 1.82) is 0 Å². The van der Waals surface area contributed by atoms with Crippen molar-refractivity contribution >= 4 is 17.2 Å². The maximum atomic E-state index is 13.1. The summed E-state index contributed by atoms with van der Waals surface area (Å²) in [5, 5.41) is 2.06. The van der Waals surface area contributed by atoms with Crippen molar-refractivity contribution in [2.75, 3.05) is 26.9 Å². The van der Waals surface area contributed by atoms with E-state index < -0.39 is 0 Å². The molecule has 3 heterocycles. The van der Waals surface area contributed by atoms with Crippen LogP contribution >= 0.6 is 11.3 Å². The number of thiophene rings is 1. The second-order valence-electron chi connectivity index (χ2n) is 5.87. The normalized spacial score (nSPS) is 19.4. The molecule has 1 amide bonds. The second kappa shape index (κ2) is 6.36. The molecule has 4 rings (SSSR count). The minimum Gasteiger partial charge on any atom is -0.493 e. The number of carbonyl (C=O) groups is 1. The molecular formula is C18H19NO4S. The molecule has 0 saturated carbocycles. The number of ether oxygens (including phenoxy) is 3. The zero-order chi connectivity index (χ0) is 16.5. The Balaban J connectivity index is 1.67. The predicted molar refractivity (Wildman–Crippen MR) is 91.3 cm³/mol. The Morgan fingerprint density at radius 1 is 1.33 bits per heavy atom. The maximum Gasteiger partial charge on any atom is 0.254 e. The van der Waals surface area contributed by atoms with Crippen LogP contribution in [-0.2, 0) is 0 Å². The molecule has 1 saturated heterocycles. The van der Waals surface area contributed by atoms with E-state index in [0.717, 1.165) is 19.4 Å². The third-order valence-corrected chi connectivity index (χ3v) is 5.43. The fourth-order valence-electron chi connectivity index (χ4n) is 3.35. The fourth-order valence-corrected chi connectivity index (χ4v) is 4.22. The molecule has 1 fully saturated rings. The van der Waals surface area contributed by atoms with Gasteiger partial charge in [0.2, 0.25) is 5.75 Å². The number of fused-ring (bicyclic) bond motifs is 1. The van der Waals surface area contributed by atoms with Crippen molar-refractivity contribution in [3.05, 3.63) is 40.1 Å². The summed E-state index contributed by atoms with van der Waals surface area (Å²) < 4.78 is 16.6. The molecule has 2 aliphatic heterocycles. The highest BCUT2D eigenvalue weighted by molar-refractivity contribution is 7.10. The first-order valence-corrected chi connectivity index (χ1v) is 8.98. The highest BCUT2D eigenvalue weighted by Crippen LogP contribution is 2.42. The zero-order valence-corrected chi connectivity index (χ0v) is 14.3. The van der Waals surface area contributed by atoms with Gasteiger partial charge in [-0.2, -0.15) is 0 Å². The third kappa shape index (κ3) is 2.60. The maximum absolute atomic E-state index is 13.1. The summed E-state index contributed by atoms with van der Waals surface area (Å²) in [4.78, 5) is 16.3. The number of amides is 1. The highest BCUT2D eigenvalue weighted by Gasteiger charge is 2.32. The number of hydrogen-bond acceptors (Lipinski definition) is 5. The summed E-state index contributed by atoms with van der Waals surface area (Å²) in [6, 6.07) is 7.82. The number of benzene rings is 1. The van der Waals surface area contributed by atoms with Crippen LogP contribution in [0, 0.1) is 0 Å². The molecule has 1 unspecified atom stereocenters. The fraction of sp³-hybridized carbons (Fsp3) is 0.389. The van der Waals surface area contributed by atoms with Gasteiger partial charge in [0.1, 0.15) is 13.2 Å². The quantitative estimate of drug-likeness (QED) is 0.854. The molecule has 6 heteroatoms. The van der Waals surface area contributed by atoms with Gasteiger partial charge in [-0.05, 0) is 36.4 Å². The lowest BCUT2D eigenvalue weighted by Crippen LogP contribution is -2.30. The Bertz CT molecular complexity index is 726. The topological polar surface area (TPSA) is 48.0 Å². The molecular weight excluding hydrogens is 326 g/mol. The molecule has 5 nitrogen and oxygen atoms in total. The van der Waals surface area contributed by atoms with Crippen molar-refractivity contribution in [1.82, 2.24) is 4.90 Å². The largest absolute Gasteiger partial charge is 0.493 e. The van der Waals surface area contributed by atoms with E-state index >= 15 is 0 Å². The Labute approximate surface area is 144 Å². The van der Waals surface area contributed by atoms with E-state index in [0.29, 0.717) is 36.0 Å². The van der Waals surface area contributed by atoms with Gasteiger partial charge in [-0.15, -0.1) is 11.3 Å². The zero-order valence-electron chi connectivity index (χ0n) is 13.5. The number of hydrogen-bond donors (Lipinski definition) is 0. The van der Waals surface area contributed by atoms with Crippen LogP contribution in [0.2, 0.25) is 0 Å². The SMILES string of the molecule is COc1cc(C(=O)N2CCCC2c2cccs2)cc2c1OCCO2. The van der Waals surface area contributed by atoms with Gasteiger partial charge in [0, 0.05) is 17.0 Å². The van der Waals surface area contributed by atoms with Crippen LogP contribution in [0.1, 0.15) is 34.1 Å². The average molecular weight is 345 g/mol. The second-order valence-corrected chi connectivity index (χ2v) is 6.85. The van der Waals surface area contributed by atoms with Crippen LogP contribution in [0.25, 0.3) is 0 Å². The lowest BCUT2D eigenvalue weighted by Gasteiger charge is -2.26. The monoisotopic (exact) mass is 345 g/mol. The summed E-state index contributed by atoms with van der Waals surface area (Å²) in [7, 11) is 1.58. The van der Waals surface area contributed by atoms with Crippen LogP contribution in [0.5, 0.6) is 17.2 Å². The first-order chi connectivity index (χ1) is 11.8. The van der Waals surface area contributed by atoms with E-state index in [9.17, 15) is 4.79 Å². The standard InChI is InChI=1S/C18H19NO4S/c1-21-14-10-12(11-15-17(14)23-8-7-22-15)18(20)19-6-2-4-13(19)16-5-3-9-24-16/h3,5,9-11,13H,2,4,6-8H2,1H3. The van der Waals surface area contributed by atoms with Crippen LogP contribution in [0.15, 0.2) is 29.6 Å². The van der Waals surface area contributed by atoms with Gasteiger partial charge >= 0.3 is 0 Å². The van der Waals surface area contributed by atoms with Gasteiger partial charge in [0.15, 0.2) is 11.5 Å². The van der Waals surface area contributed by atoms with Crippen molar-refractivity contribution in [3.63, 3.8) is 0 Å². The molecule has 1 aromatic carbocycles. The van der Waals surface area contributed by atoms with Gasteiger partial charge in [-0.1, -0.05) is 6.07 Å². The molecule has 2 aromatic rings. The Morgan fingerprint density at radius 2 is 2.21 bits per heavy atom. The molecule has 0 spiro atoms. The smallest absolute Gasteiger partial charge is 0.254 e. The Hall–Kier alpha value is -2.21. The van der Waals surface area contributed by atoms with Crippen molar-refractivity contribution in [2.45, 2.75) is 18.9 Å². The third-order valence-electron chi connectivity index (χ3n) is 4.46. The number of nitrogens with zero attached hydrogens (tertiary/aromatic N) is 1. The predicted octanol–water partition coefficient (Wildman–Crippen LogP) is 3.51. The molecule has 1 atom stereocenters. The van der Waals surface area contributed by atoms with Crippen LogP contribution in [-0.4, -0.2) is 37.7 Å². The number of likely N-dealkylation sites (tertiary alicyclic amines) is 1. The van der Waals surface area contributed by atoms with Gasteiger partial charge in [-0.25, -0.2) is 0 Å². The molecule has 0 aliphatic carbocycles. The van der Waals surface area contributed by atoms with E-state index in [1.54, 1.807) is 30.6 Å². The molecule has 24 heavy (non-hydrogen) atoms. The average Bonchev–Trinajstić information content (AvgIpc) is 3.30. The lowest BCUT2D eigenvalue weighted by molar-refractivity contribution is 0.0736. The van der Waals surface area contributed by atoms with Crippen LogP contribution < -0.4 is 14.2 Å². The van der Waals surface area contributed by atoms with Gasteiger partial charge < -0.3 is 19.1 Å². The summed E-state index contributed by atoms with van der Waals surface area (Å²) in [6.07, 6.45) is 2.03. The van der Waals surface area contributed by atoms with Gasteiger partial charge in [0.25, 0.3) is 5.91 Å². The summed E-state index contributed by atoms with van der Waals surface area (Å²) in [6.45, 7) is 1.75. The van der Waals surface area contributed by atoms with E-state index in [1.807, 2.05) is 11.0 Å². The lowest BCUT2D eigenvalue weighted by atomic mass is 10.1.